The molecule has 0 aromatic rings. The molecule has 0 saturated heterocycles. The molecule has 7 unspecified atom stereocenters. The molecule has 0 amide bonds. The molecular weight excluding hydrogens is 330 g/mol. The SMILES string of the molecule is CN(C)C1CC2(O)CCC3=C(C=C2C(O)C1O)C(O)CC1(C)C=CCC31. The number of fused-ring (bicyclic) bond motifs is 3. The molecule has 1 fully saturated rings. The topological polar surface area (TPSA) is 84.2 Å². The lowest BCUT2D eigenvalue weighted by molar-refractivity contribution is -0.0922. The molecule has 5 nitrogen and oxygen atoms in total. The second-order valence-corrected chi connectivity index (χ2v) is 9.20. The Balaban J connectivity index is 1.76. The average Bonchev–Trinajstić information content (AvgIpc) is 2.86. The van der Waals surface area contributed by atoms with Gasteiger partial charge in [-0.3, -0.25) is 0 Å². The first-order chi connectivity index (χ1) is 12.2. The summed E-state index contributed by atoms with van der Waals surface area (Å²) in [6, 6.07) is -0.300. The maximum absolute atomic E-state index is 11.4. The lowest BCUT2D eigenvalue weighted by Crippen LogP contribution is -2.58. The Morgan fingerprint density at radius 1 is 1.15 bits per heavy atom. The molecule has 0 aromatic carbocycles. The van der Waals surface area contributed by atoms with Crippen LogP contribution in [0, 0.1) is 11.3 Å². The van der Waals surface area contributed by atoms with E-state index in [9.17, 15) is 20.4 Å². The molecule has 4 rings (SSSR count). The maximum atomic E-state index is 11.4. The number of aliphatic hydroxyl groups is 4. The molecular formula is C21H31NO4. The average molecular weight is 361 g/mol. The van der Waals surface area contributed by atoms with Gasteiger partial charge in [-0.05, 0) is 68.7 Å². The lowest BCUT2D eigenvalue weighted by atomic mass is 9.65. The minimum atomic E-state index is -1.15. The van der Waals surface area contributed by atoms with Gasteiger partial charge in [-0.15, -0.1) is 0 Å². The van der Waals surface area contributed by atoms with Gasteiger partial charge in [0.05, 0.1) is 17.8 Å². The summed E-state index contributed by atoms with van der Waals surface area (Å²) in [4.78, 5) is 1.87. The van der Waals surface area contributed by atoms with Gasteiger partial charge in [-0.1, -0.05) is 30.7 Å². The smallest absolute Gasteiger partial charge is 0.105 e. The highest BCUT2D eigenvalue weighted by Crippen LogP contribution is 2.54. The molecule has 0 bridgehead atoms. The van der Waals surface area contributed by atoms with E-state index in [2.05, 4.69) is 19.1 Å². The Labute approximate surface area is 155 Å². The fourth-order valence-electron chi connectivity index (χ4n) is 5.78. The Kier molecular flexibility index (Phi) is 4.25. The summed E-state index contributed by atoms with van der Waals surface area (Å²) in [5.41, 5.74) is 1.37. The molecule has 0 radical (unpaired) electrons. The first-order valence-corrected chi connectivity index (χ1v) is 9.72. The molecule has 1 saturated carbocycles. The second kappa shape index (κ2) is 6.01. The van der Waals surface area contributed by atoms with Crippen molar-refractivity contribution in [1.82, 2.24) is 4.90 Å². The van der Waals surface area contributed by atoms with Crippen LogP contribution in [-0.2, 0) is 0 Å². The van der Waals surface area contributed by atoms with Gasteiger partial charge in [0.15, 0.2) is 0 Å². The summed E-state index contributed by atoms with van der Waals surface area (Å²) in [6.45, 7) is 2.20. The Morgan fingerprint density at radius 3 is 2.58 bits per heavy atom. The number of hydrogen-bond donors (Lipinski definition) is 4. The maximum Gasteiger partial charge on any atom is 0.105 e. The lowest BCUT2D eigenvalue weighted by Gasteiger charge is -2.46. The molecule has 4 N–H and O–H groups in total. The molecule has 0 aliphatic heterocycles. The zero-order chi connectivity index (χ0) is 18.9. The van der Waals surface area contributed by atoms with Crippen LogP contribution in [0.4, 0.5) is 0 Å². The molecule has 26 heavy (non-hydrogen) atoms. The van der Waals surface area contributed by atoms with Crippen LogP contribution in [0.5, 0.6) is 0 Å². The summed E-state index contributed by atoms with van der Waals surface area (Å²) >= 11 is 0. The van der Waals surface area contributed by atoms with Crippen LogP contribution in [0.25, 0.3) is 0 Å². The third kappa shape index (κ3) is 2.56. The predicted octanol–water partition coefficient (Wildman–Crippen LogP) is 1.14. The minimum absolute atomic E-state index is 0.0286. The fraction of sp³-hybridized carbons (Fsp3) is 0.714. The van der Waals surface area contributed by atoms with Crippen molar-refractivity contribution in [3.05, 3.63) is 34.9 Å². The zero-order valence-electron chi connectivity index (χ0n) is 15.9. The highest BCUT2D eigenvalue weighted by Gasteiger charge is 2.52. The van der Waals surface area contributed by atoms with E-state index in [4.69, 9.17) is 0 Å². The molecule has 0 aromatic heterocycles. The third-order valence-corrected chi connectivity index (χ3v) is 7.35. The van der Waals surface area contributed by atoms with Crippen molar-refractivity contribution in [1.29, 1.82) is 0 Å². The molecule has 5 heteroatoms. The number of nitrogens with zero attached hydrogens (tertiary/aromatic N) is 1. The summed E-state index contributed by atoms with van der Waals surface area (Å²) in [5, 5.41) is 43.6. The van der Waals surface area contributed by atoms with Crippen molar-refractivity contribution in [3.63, 3.8) is 0 Å². The van der Waals surface area contributed by atoms with E-state index in [1.54, 1.807) is 0 Å². The number of hydrogen-bond acceptors (Lipinski definition) is 5. The van der Waals surface area contributed by atoms with E-state index < -0.39 is 23.9 Å². The van der Waals surface area contributed by atoms with Crippen LogP contribution in [0.15, 0.2) is 34.9 Å². The van der Waals surface area contributed by atoms with Gasteiger partial charge in [0, 0.05) is 6.04 Å². The number of rotatable bonds is 1. The van der Waals surface area contributed by atoms with Crippen LogP contribution in [0.1, 0.15) is 39.0 Å². The van der Waals surface area contributed by atoms with Crippen LogP contribution in [0.2, 0.25) is 0 Å². The quantitative estimate of drug-likeness (QED) is 0.527. The van der Waals surface area contributed by atoms with Gasteiger partial charge >= 0.3 is 0 Å². The Bertz CT molecular complexity index is 696. The first-order valence-electron chi connectivity index (χ1n) is 9.72. The van der Waals surface area contributed by atoms with Crippen LogP contribution < -0.4 is 0 Å². The van der Waals surface area contributed by atoms with Gasteiger partial charge in [0.25, 0.3) is 0 Å². The van der Waals surface area contributed by atoms with Gasteiger partial charge in [-0.2, -0.15) is 0 Å². The third-order valence-electron chi connectivity index (χ3n) is 7.35. The molecule has 0 heterocycles. The standard InChI is InChI=1S/C21H31NO4/c1-20-7-4-5-14(20)12-6-8-21(26)10-16(22(2)3)19(25)18(24)15(21)9-13(12)17(23)11-20/h4,7,9,14,16-19,23-26H,5-6,8,10-11H2,1-3H3. The van der Waals surface area contributed by atoms with Crippen LogP contribution >= 0.6 is 0 Å². The highest BCUT2D eigenvalue weighted by atomic mass is 16.3. The number of aliphatic hydroxyl groups excluding tert-OH is 3. The summed E-state index contributed by atoms with van der Waals surface area (Å²) in [5.74, 6) is 0.355. The zero-order valence-corrected chi connectivity index (χ0v) is 15.9. The van der Waals surface area contributed by atoms with Gasteiger partial charge in [-0.25, -0.2) is 0 Å². The van der Waals surface area contributed by atoms with Crippen LogP contribution in [-0.4, -0.2) is 69.4 Å². The normalized spacial score (nSPS) is 48.0. The first kappa shape index (κ1) is 18.4. The van der Waals surface area contributed by atoms with Crippen molar-refractivity contribution in [2.75, 3.05) is 14.1 Å². The van der Waals surface area contributed by atoms with Crippen LogP contribution in [0.3, 0.4) is 0 Å². The van der Waals surface area contributed by atoms with Crippen molar-refractivity contribution in [3.8, 4) is 0 Å². The Hall–Kier alpha value is -0.980. The molecule has 0 spiro atoms. The van der Waals surface area contributed by atoms with E-state index in [0.717, 1.165) is 12.0 Å². The van der Waals surface area contributed by atoms with Crippen molar-refractivity contribution in [2.24, 2.45) is 11.3 Å². The molecule has 4 aliphatic rings. The molecule has 7 atom stereocenters. The molecule has 4 aliphatic carbocycles. The highest BCUT2D eigenvalue weighted by molar-refractivity contribution is 5.46. The van der Waals surface area contributed by atoms with Gasteiger partial charge in [0.1, 0.15) is 6.10 Å². The van der Waals surface area contributed by atoms with Crippen molar-refractivity contribution >= 4 is 0 Å². The van der Waals surface area contributed by atoms with Crippen molar-refractivity contribution < 1.29 is 20.4 Å². The monoisotopic (exact) mass is 361 g/mol. The fourth-order valence-corrected chi connectivity index (χ4v) is 5.78. The van der Waals surface area contributed by atoms with E-state index in [-0.39, 0.29) is 11.5 Å². The predicted molar refractivity (Wildman–Crippen MR) is 99.4 cm³/mol. The summed E-state index contributed by atoms with van der Waals surface area (Å²) in [6.07, 6.45) is 6.83. The summed E-state index contributed by atoms with van der Waals surface area (Å²) in [7, 11) is 3.72. The number of likely N-dealkylation sites (N-methyl/N-ethyl adjacent to an activating group) is 1. The largest absolute Gasteiger partial charge is 0.388 e. The van der Waals surface area contributed by atoms with E-state index in [0.29, 0.717) is 37.2 Å². The number of allylic oxidation sites excluding steroid dienone is 3. The van der Waals surface area contributed by atoms with Gasteiger partial charge < -0.3 is 25.3 Å². The summed E-state index contributed by atoms with van der Waals surface area (Å²) < 4.78 is 0. The minimum Gasteiger partial charge on any atom is -0.388 e. The van der Waals surface area contributed by atoms with E-state index >= 15 is 0 Å². The van der Waals surface area contributed by atoms with Crippen molar-refractivity contribution in [2.45, 2.75) is 69.0 Å². The van der Waals surface area contributed by atoms with E-state index in [1.165, 1.54) is 5.57 Å². The van der Waals surface area contributed by atoms with Gasteiger partial charge in [0.2, 0.25) is 0 Å². The van der Waals surface area contributed by atoms with E-state index in [1.807, 2.05) is 25.1 Å². The molecule has 144 valence electrons. The second-order valence-electron chi connectivity index (χ2n) is 9.20. The Morgan fingerprint density at radius 2 is 1.88 bits per heavy atom.